The average Bonchev–Trinajstić information content (AvgIpc) is 3.22. The number of carbonyl (C=O) groups is 3. The maximum atomic E-state index is 12.8. The van der Waals surface area contributed by atoms with Crippen molar-refractivity contribution >= 4 is 17.9 Å². The van der Waals surface area contributed by atoms with Crippen molar-refractivity contribution in [1.29, 1.82) is 0 Å². The topological polar surface area (TPSA) is 108 Å². The molecular weight excluding hydrogens is 767 g/mol. The van der Waals surface area contributed by atoms with Crippen molar-refractivity contribution in [2.24, 2.45) is 0 Å². The Labute approximate surface area is 372 Å². The van der Waals surface area contributed by atoms with Gasteiger partial charge in [-0.15, -0.1) is 0 Å². The van der Waals surface area contributed by atoms with Crippen LogP contribution in [0.3, 0.4) is 0 Å². The predicted molar refractivity (Wildman–Crippen MR) is 253 cm³/mol. The molecule has 0 spiro atoms. The van der Waals surface area contributed by atoms with Crippen LogP contribution in [0.15, 0.2) is 85.1 Å². The highest BCUT2D eigenvalue weighted by molar-refractivity contribution is 5.71. The number of ether oxygens (including phenoxy) is 4. The van der Waals surface area contributed by atoms with Gasteiger partial charge in [0.2, 0.25) is 0 Å². The Morgan fingerprint density at radius 1 is 0.508 bits per heavy atom. The minimum Gasteiger partial charge on any atom is -0.477 e. The number of carbonyl (C=O) groups excluding carboxylic acids is 2. The van der Waals surface area contributed by atoms with Gasteiger partial charge in [0.15, 0.2) is 6.10 Å². The Morgan fingerprint density at radius 3 is 1.43 bits per heavy atom. The molecule has 0 aliphatic carbocycles. The van der Waals surface area contributed by atoms with Crippen LogP contribution in [0.1, 0.15) is 168 Å². The van der Waals surface area contributed by atoms with Crippen LogP contribution >= 0.6 is 0 Å². The lowest BCUT2D eigenvalue weighted by atomic mass is 10.1. The van der Waals surface area contributed by atoms with Gasteiger partial charge in [0.1, 0.15) is 13.2 Å². The van der Waals surface area contributed by atoms with Crippen LogP contribution in [0.2, 0.25) is 0 Å². The third-order valence-corrected chi connectivity index (χ3v) is 9.64. The summed E-state index contributed by atoms with van der Waals surface area (Å²) in [6.07, 6.45) is 52.2. The van der Waals surface area contributed by atoms with Gasteiger partial charge in [-0.2, -0.15) is 0 Å². The van der Waals surface area contributed by atoms with Crippen LogP contribution in [0.4, 0.5) is 0 Å². The lowest BCUT2D eigenvalue weighted by molar-refractivity contribution is -0.870. The van der Waals surface area contributed by atoms with Gasteiger partial charge in [0.05, 0.1) is 34.4 Å². The standard InChI is InChI=1S/C52H87NO8/c1-6-8-10-12-14-16-18-20-22-23-24-25-26-27-29-30-32-34-36-38-40-42-49(54)59-46-48(47-60-52(51(56)57)58-45-44-53(3,4)5)61-50(55)43-41-39-37-35-33-31-28-21-19-17-15-13-11-9-7-2/h9,11,15,17-18,20-21,23-24,26-28,33,35,48,52H,6-8,10,12-14,16,19,22,25,29-32,34,36-47H2,1-5H3/p+1/b11-9-,17-15-,20-18-,24-23-,27-26-,28-21-,35-33-. The molecule has 0 aromatic rings. The molecule has 0 aliphatic rings. The largest absolute Gasteiger partial charge is 0.477 e. The summed E-state index contributed by atoms with van der Waals surface area (Å²) in [5.41, 5.74) is 0. The first-order valence-electron chi connectivity index (χ1n) is 23.8. The molecule has 348 valence electrons. The fourth-order valence-electron chi connectivity index (χ4n) is 5.95. The van der Waals surface area contributed by atoms with Gasteiger partial charge in [-0.25, -0.2) is 4.79 Å². The predicted octanol–water partition coefficient (Wildman–Crippen LogP) is 12.9. The van der Waals surface area contributed by atoms with E-state index in [9.17, 15) is 19.5 Å². The van der Waals surface area contributed by atoms with Crippen molar-refractivity contribution in [3.63, 3.8) is 0 Å². The maximum absolute atomic E-state index is 12.8. The molecule has 2 unspecified atom stereocenters. The van der Waals surface area contributed by atoms with E-state index in [0.717, 1.165) is 83.5 Å². The van der Waals surface area contributed by atoms with Crippen LogP contribution in [0.5, 0.6) is 0 Å². The van der Waals surface area contributed by atoms with E-state index in [1.54, 1.807) is 0 Å². The lowest BCUT2D eigenvalue weighted by Crippen LogP contribution is -2.40. The number of carboxylic acid groups (broad SMARTS) is 1. The van der Waals surface area contributed by atoms with E-state index < -0.39 is 24.3 Å². The second-order valence-electron chi connectivity index (χ2n) is 16.7. The third-order valence-electron chi connectivity index (χ3n) is 9.64. The monoisotopic (exact) mass is 855 g/mol. The molecule has 9 heteroatoms. The van der Waals surface area contributed by atoms with Gasteiger partial charge < -0.3 is 28.5 Å². The van der Waals surface area contributed by atoms with Crippen LogP contribution < -0.4 is 0 Å². The summed E-state index contributed by atoms with van der Waals surface area (Å²) in [6.45, 7) is 4.66. The molecule has 9 nitrogen and oxygen atoms in total. The Hall–Kier alpha value is -3.53. The molecule has 0 saturated carbocycles. The highest BCUT2D eigenvalue weighted by Crippen LogP contribution is 2.12. The highest BCUT2D eigenvalue weighted by Gasteiger charge is 2.25. The fraction of sp³-hybridized carbons (Fsp3) is 0.673. The quantitative estimate of drug-likeness (QED) is 0.0213. The number of hydrogen-bond donors (Lipinski definition) is 1. The average molecular weight is 855 g/mol. The summed E-state index contributed by atoms with van der Waals surface area (Å²) >= 11 is 0. The van der Waals surface area contributed by atoms with Crippen molar-refractivity contribution in [3.8, 4) is 0 Å². The Bertz CT molecular complexity index is 1270. The molecule has 0 amide bonds. The molecule has 0 fully saturated rings. The zero-order valence-corrected chi connectivity index (χ0v) is 39.3. The second kappa shape index (κ2) is 43.1. The number of aliphatic carboxylic acids is 1. The summed E-state index contributed by atoms with van der Waals surface area (Å²) in [7, 11) is 5.93. The second-order valence-corrected chi connectivity index (χ2v) is 16.7. The molecule has 0 aliphatic heterocycles. The van der Waals surface area contributed by atoms with Crippen LogP contribution in [0, 0.1) is 0 Å². The van der Waals surface area contributed by atoms with Gasteiger partial charge in [-0.3, -0.25) is 9.59 Å². The number of carboxylic acids is 1. The van der Waals surface area contributed by atoms with Crippen molar-refractivity contribution in [2.75, 3.05) is 47.5 Å². The van der Waals surface area contributed by atoms with E-state index in [1.165, 1.54) is 51.4 Å². The smallest absolute Gasteiger partial charge is 0.361 e. The van der Waals surface area contributed by atoms with Crippen molar-refractivity contribution in [1.82, 2.24) is 0 Å². The van der Waals surface area contributed by atoms with E-state index in [1.807, 2.05) is 21.1 Å². The molecule has 0 heterocycles. The van der Waals surface area contributed by atoms with Gasteiger partial charge in [-0.1, -0.05) is 150 Å². The molecule has 1 N–H and O–H groups in total. The first-order chi connectivity index (χ1) is 29.6. The number of quaternary nitrogens is 1. The summed E-state index contributed by atoms with van der Waals surface area (Å²) in [4.78, 5) is 37.2. The van der Waals surface area contributed by atoms with E-state index in [4.69, 9.17) is 18.9 Å². The van der Waals surface area contributed by atoms with E-state index in [2.05, 4.69) is 98.9 Å². The molecule has 0 aromatic heterocycles. The fourth-order valence-corrected chi connectivity index (χ4v) is 5.95. The zero-order valence-electron chi connectivity index (χ0n) is 39.3. The normalized spacial score (nSPS) is 13.7. The van der Waals surface area contributed by atoms with Gasteiger partial charge in [0, 0.05) is 12.8 Å². The molecule has 2 atom stereocenters. The Morgan fingerprint density at radius 2 is 0.934 bits per heavy atom. The number of hydrogen-bond acceptors (Lipinski definition) is 7. The summed E-state index contributed by atoms with van der Waals surface area (Å²) in [5, 5.41) is 9.64. The van der Waals surface area contributed by atoms with Crippen molar-refractivity contribution < 1.29 is 42.9 Å². The molecule has 0 radical (unpaired) electrons. The van der Waals surface area contributed by atoms with Crippen molar-refractivity contribution in [3.05, 3.63) is 85.1 Å². The molecule has 61 heavy (non-hydrogen) atoms. The van der Waals surface area contributed by atoms with Crippen LogP contribution in [-0.4, -0.2) is 87.4 Å². The van der Waals surface area contributed by atoms with Gasteiger partial charge in [-0.05, 0) is 89.9 Å². The van der Waals surface area contributed by atoms with E-state index >= 15 is 0 Å². The molecular formula is C52H88NO8+. The first-order valence-corrected chi connectivity index (χ1v) is 23.8. The van der Waals surface area contributed by atoms with E-state index in [-0.39, 0.29) is 38.6 Å². The SMILES string of the molecule is CC/C=C\C/C=C\C/C=C\C/C=C\CCCCC(=O)OC(COC(=O)CCCCCCCC/C=C\C/C=C\C/C=C\CCCCCCC)COC(OCC[N+](C)(C)C)C(=O)O. The molecule has 0 bridgehead atoms. The van der Waals surface area contributed by atoms with Gasteiger partial charge >= 0.3 is 17.9 Å². The van der Waals surface area contributed by atoms with Crippen LogP contribution in [0.25, 0.3) is 0 Å². The lowest BCUT2D eigenvalue weighted by Gasteiger charge is -2.25. The summed E-state index contributed by atoms with van der Waals surface area (Å²) in [5.74, 6) is -2.09. The molecule has 0 aromatic carbocycles. The maximum Gasteiger partial charge on any atom is 0.361 e. The number of rotatable bonds is 42. The Balaban J connectivity index is 4.48. The van der Waals surface area contributed by atoms with Crippen LogP contribution in [-0.2, 0) is 33.3 Å². The van der Waals surface area contributed by atoms with Crippen molar-refractivity contribution in [2.45, 2.75) is 180 Å². The summed E-state index contributed by atoms with van der Waals surface area (Å²) in [6, 6.07) is 0. The number of esters is 2. The highest BCUT2D eigenvalue weighted by atomic mass is 16.7. The minimum atomic E-state index is -1.53. The molecule has 0 saturated heterocycles. The third kappa shape index (κ3) is 44.3. The zero-order chi connectivity index (χ0) is 44.9. The Kier molecular flexibility index (Phi) is 40.6. The first kappa shape index (κ1) is 57.5. The van der Waals surface area contributed by atoms with Gasteiger partial charge in [0.25, 0.3) is 6.29 Å². The number of likely N-dealkylation sites (N-methyl/N-ethyl adjacent to an activating group) is 1. The number of unbranched alkanes of at least 4 members (excludes halogenated alkanes) is 13. The number of nitrogens with zero attached hydrogens (tertiary/aromatic N) is 1. The molecule has 0 rings (SSSR count). The summed E-state index contributed by atoms with van der Waals surface area (Å²) < 4.78 is 22.7. The minimum absolute atomic E-state index is 0.172. The number of allylic oxidation sites excluding steroid dienone is 14. The van der Waals surface area contributed by atoms with E-state index in [0.29, 0.717) is 17.4 Å².